The van der Waals surface area contributed by atoms with Crippen molar-refractivity contribution in [2.24, 2.45) is 16.5 Å². The Morgan fingerprint density at radius 1 is 1.06 bits per heavy atom. The lowest BCUT2D eigenvalue weighted by molar-refractivity contribution is 0.101. The van der Waals surface area contributed by atoms with E-state index in [9.17, 15) is 4.79 Å². The quantitative estimate of drug-likeness (QED) is 0.492. The van der Waals surface area contributed by atoms with Crippen LogP contribution in [0, 0.1) is 0 Å². The lowest BCUT2D eigenvalue weighted by Gasteiger charge is -1.98. The van der Waals surface area contributed by atoms with Crippen LogP contribution in [0.1, 0.15) is 50.5 Å². The molecule has 0 spiro atoms. The van der Waals surface area contributed by atoms with Crippen LogP contribution in [0.5, 0.6) is 0 Å². The number of benzene rings is 1. The summed E-state index contributed by atoms with van der Waals surface area (Å²) in [6.07, 6.45) is 0. The average Bonchev–Trinajstić information content (AvgIpc) is 2.41. The van der Waals surface area contributed by atoms with E-state index in [0.717, 1.165) is 5.56 Å². The molecule has 4 nitrogen and oxygen atoms in total. The topological polar surface area (TPSA) is 81.5 Å². The van der Waals surface area contributed by atoms with Gasteiger partial charge in [0.25, 0.3) is 0 Å². The first kappa shape index (κ1) is 18.5. The zero-order valence-electron chi connectivity index (χ0n) is 12.0. The number of ketones is 1. The second-order valence-corrected chi connectivity index (χ2v) is 2.99. The van der Waals surface area contributed by atoms with Crippen molar-refractivity contribution in [2.45, 2.75) is 41.2 Å². The monoisotopic (exact) mass is 251 g/mol. The molecule has 0 saturated heterocycles. The summed E-state index contributed by atoms with van der Waals surface area (Å²) in [5.74, 6) is 0.124. The molecule has 0 fully saturated rings. The smallest absolute Gasteiger partial charge is 0.186 e. The number of carbonyl (C=O) groups excluding carboxylic acids is 1. The molecule has 0 aliphatic rings. The van der Waals surface area contributed by atoms with Crippen LogP contribution in [0.4, 0.5) is 0 Å². The molecule has 0 unspecified atom stereocenters. The number of nitrogens with two attached hydrogens (primary N) is 2. The molecular weight excluding hydrogens is 226 g/mol. The largest absolute Gasteiger partial charge is 0.370 e. The van der Waals surface area contributed by atoms with Crippen LogP contribution in [0.3, 0.4) is 0 Å². The van der Waals surface area contributed by atoms with E-state index in [1.165, 1.54) is 6.92 Å². The van der Waals surface area contributed by atoms with Crippen LogP contribution in [0.2, 0.25) is 0 Å². The third-order valence-corrected chi connectivity index (χ3v) is 1.80. The predicted octanol–water partition coefficient (Wildman–Crippen LogP) is 2.71. The van der Waals surface area contributed by atoms with Gasteiger partial charge >= 0.3 is 0 Å². The first-order valence-corrected chi connectivity index (χ1v) is 6.25. The molecule has 1 rings (SSSR count). The minimum Gasteiger partial charge on any atom is -0.370 e. The van der Waals surface area contributed by atoms with Crippen LogP contribution in [0.15, 0.2) is 29.3 Å². The summed E-state index contributed by atoms with van der Waals surface area (Å²) in [4.78, 5) is 14.8. The van der Waals surface area contributed by atoms with Crippen LogP contribution in [-0.2, 0) is 6.54 Å². The second kappa shape index (κ2) is 11.6. The van der Waals surface area contributed by atoms with Crippen molar-refractivity contribution < 1.29 is 4.79 Å². The molecule has 0 radical (unpaired) electrons. The molecule has 0 aliphatic carbocycles. The van der Waals surface area contributed by atoms with Gasteiger partial charge in [0.05, 0.1) is 6.54 Å². The molecule has 1 aromatic carbocycles. The summed E-state index contributed by atoms with van der Waals surface area (Å²) in [5.41, 5.74) is 12.1. The Kier molecular flexibility index (Phi) is 12.0. The van der Waals surface area contributed by atoms with Gasteiger partial charge in [-0.15, -0.1) is 0 Å². The van der Waals surface area contributed by atoms with Crippen LogP contribution < -0.4 is 11.5 Å². The number of carbonyl (C=O) groups is 1. The maximum atomic E-state index is 11.0. The van der Waals surface area contributed by atoms with Gasteiger partial charge in [0.2, 0.25) is 0 Å². The number of rotatable bonds is 3. The molecule has 0 amide bonds. The first-order chi connectivity index (χ1) is 8.59. The number of aliphatic imine (C=N–C) groups is 1. The van der Waals surface area contributed by atoms with Crippen LogP contribution in [0.25, 0.3) is 0 Å². The number of hydrogen-bond donors (Lipinski definition) is 2. The molecule has 4 heteroatoms. The summed E-state index contributed by atoms with van der Waals surface area (Å²) in [6, 6.07) is 7.20. The van der Waals surface area contributed by atoms with Crippen molar-refractivity contribution in [1.82, 2.24) is 0 Å². The van der Waals surface area contributed by atoms with E-state index in [-0.39, 0.29) is 11.7 Å². The third kappa shape index (κ3) is 8.33. The normalized spacial score (nSPS) is 8.06. The molecule has 0 heterocycles. The predicted molar refractivity (Wildman–Crippen MR) is 78.7 cm³/mol. The highest BCUT2D eigenvalue weighted by atomic mass is 16.1. The third-order valence-electron chi connectivity index (χ3n) is 1.80. The van der Waals surface area contributed by atoms with Gasteiger partial charge in [-0.2, -0.15) is 0 Å². The molecule has 102 valence electrons. The molecular formula is C14H25N3O. The van der Waals surface area contributed by atoms with Crippen molar-refractivity contribution in [2.75, 3.05) is 0 Å². The van der Waals surface area contributed by atoms with Gasteiger partial charge in [-0.05, 0) is 12.5 Å². The Balaban J connectivity index is 0. The number of guanidine groups is 1. The van der Waals surface area contributed by atoms with E-state index in [4.69, 9.17) is 11.5 Å². The summed E-state index contributed by atoms with van der Waals surface area (Å²) in [6.45, 7) is 9.98. The van der Waals surface area contributed by atoms with Crippen molar-refractivity contribution in [3.05, 3.63) is 35.4 Å². The average molecular weight is 251 g/mol. The summed E-state index contributed by atoms with van der Waals surface area (Å²) in [7, 11) is 0. The van der Waals surface area contributed by atoms with Gasteiger partial charge in [0.1, 0.15) is 0 Å². The minimum atomic E-state index is 0.0541. The van der Waals surface area contributed by atoms with Crippen LogP contribution >= 0.6 is 0 Å². The van der Waals surface area contributed by atoms with E-state index >= 15 is 0 Å². The Morgan fingerprint density at radius 2 is 1.50 bits per heavy atom. The Labute approximate surface area is 110 Å². The lowest BCUT2D eigenvalue weighted by atomic mass is 10.1. The highest BCUT2D eigenvalue weighted by Crippen LogP contribution is 2.05. The summed E-state index contributed by atoms with van der Waals surface area (Å²) >= 11 is 0. The Morgan fingerprint density at radius 3 is 1.83 bits per heavy atom. The van der Waals surface area contributed by atoms with E-state index in [2.05, 4.69) is 4.99 Å². The van der Waals surface area contributed by atoms with Crippen molar-refractivity contribution in [3.63, 3.8) is 0 Å². The number of nitrogens with zero attached hydrogens (tertiary/aromatic N) is 1. The highest BCUT2D eigenvalue weighted by Gasteiger charge is 1.97. The van der Waals surface area contributed by atoms with E-state index in [1.807, 2.05) is 39.8 Å². The molecule has 0 saturated carbocycles. The molecule has 18 heavy (non-hydrogen) atoms. The van der Waals surface area contributed by atoms with E-state index in [1.54, 1.807) is 12.1 Å². The molecule has 0 atom stereocenters. The van der Waals surface area contributed by atoms with Crippen molar-refractivity contribution >= 4 is 11.7 Å². The minimum absolute atomic E-state index is 0.0541. The lowest BCUT2D eigenvalue weighted by Crippen LogP contribution is -2.22. The van der Waals surface area contributed by atoms with Gasteiger partial charge < -0.3 is 11.5 Å². The molecule has 0 aliphatic heterocycles. The first-order valence-electron chi connectivity index (χ1n) is 6.25. The Hall–Kier alpha value is -1.84. The fourth-order valence-corrected chi connectivity index (χ4v) is 1.03. The molecule has 1 aromatic rings. The number of hydrogen-bond acceptors (Lipinski definition) is 2. The van der Waals surface area contributed by atoms with Gasteiger partial charge in [0.15, 0.2) is 11.7 Å². The van der Waals surface area contributed by atoms with Gasteiger partial charge in [-0.1, -0.05) is 52.0 Å². The maximum absolute atomic E-state index is 11.0. The highest BCUT2D eigenvalue weighted by molar-refractivity contribution is 5.94. The van der Waals surface area contributed by atoms with E-state index in [0.29, 0.717) is 12.1 Å². The van der Waals surface area contributed by atoms with Crippen LogP contribution in [-0.4, -0.2) is 11.7 Å². The summed E-state index contributed by atoms with van der Waals surface area (Å²) < 4.78 is 0. The molecule has 0 aromatic heterocycles. The Bertz CT molecular complexity index is 352. The zero-order chi connectivity index (χ0) is 14.6. The fraction of sp³-hybridized carbons (Fsp3) is 0.429. The van der Waals surface area contributed by atoms with E-state index < -0.39 is 0 Å². The van der Waals surface area contributed by atoms with Gasteiger partial charge in [-0.25, -0.2) is 4.99 Å². The van der Waals surface area contributed by atoms with Crippen molar-refractivity contribution in [3.8, 4) is 0 Å². The molecule has 4 N–H and O–H groups in total. The maximum Gasteiger partial charge on any atom is 0.186 e. The van der Waals surface area contributed by atoms with Crippen molar-refractivity contribution in [1.29, 1.82) is 0 Å². The zero-order valence-corrected chi connectivity index (χ0v) is 12.0. The summed E-state index contributed by atoms with van der Waals surface area (Å²) in [5, 5.41) is 0. The van der Waals surface area contributed by atoms with Gasteiger partial charge in [0, 0.05) is 5.56 Å². The second-order valence-electron chi connectivity index (χ2n) is 2.99. The fourth-order valence-electron chi connectivity index (χ4n) is 1.03. The molecule has 0 bridgehead atoms. The van der Waals surface area contributed by atoms with Gasteiger partial charge in [-0.3, -0.25) is 4.79 Å². The SMILES string of the molecule is CC.CC.CC(=O)c1ccc(CN=C(N)N)cc1. The number of Topliss-reactive ketones (excluding diaryl/α,β-unsaturated/α-hetero) is 1. The standard InChI is InChI=1S/C10H13N3O.2C2H6/c1-7(14)9-4-2-8(3-5-9)6-13-10(11)12;2*1-2/h2-5H,6H2,1H3,(H4,11,12,13);2*1-2H3.